The van der Waals surface area contributed by atoms with E-state index in [9.17, 15) is 0 Å². The summed E-state index contributed by atoms with van der Waals surface area (Å²) in [5.41, 5.74) is 3.31. The van der Waals surface area contributed by atoms with Crippen molar-refractivity contribution < 1.29 is 0 Å². The van der Waals surface area contributed by atoms with Crippen LogP contribution in [0.4, 0.5) is 0 Å². The normalized spacial score (nSPS) is 12.4. The molecule has 2 nitrogen and oxygen atoms in total. The van der Waals surface area contributed by atoms with Gasteiger partial charge < -0.3 is 5.32 Å². The molecule has 0 bridgehead atoms. The van der Waals surface area contributed by atoms with Gasteiger partial charge in [0.2, 0.25) is 0 Å². The fourth-order valence-electron chi connectivity index (χ4n) is 2.04. The second-order valence-corrected chi connectivity index (χ2v) is 4.68. The molecule has 0 aliphatic heterocycles. The molecule has 1 aromatic heterocycles. The van der Waals surface area contributed by atoms with Crippen LogP contribution in [0, 0.1) is 6.92 Å². The first-order valence-electron chi connectivity index (χ1n) is 6.12. The molecule has 1 aromatic carbocycles. The van der Waals surface area contributed by atoms with Gasteiger partial charge in [0.15, 0.2) is 0 Å². The summed E-state index contributed by atoms with van der Waals surface area (Å²) in [6, 6.07) is 12.2. The second-order valence-electron chi connectivity index (χ2n) is 4.28. The summed E-state index contributed by atoms with van der Waals surface area (Å²) in [6.45, 7) is 5.04. The summed E-state index contributed by atoms with van der Waals surface area (Å²) in [6.07, 6.45) is 1.78. The lowest BCUT2D eigenvalue weighted by atomic mass is 10.0. The predicted molar refractivity (Wildman–Crippen MR) is 75.9 cm³/mol. The third kappa shape index (κ3) is 2.89. The van der Waals surface area contributed by atoms with Gasteiger partial charge >= 0.3 is 0 Å². The first kappa shape index (κ1) is 13.1. The minimum atomic E-state index is 0.0450. The zero-order valence-corrected chi connectivity index (χ0v) is 11.4. The Balaban J connectivity index is 2.43. The van der Waals surface area contributed by atoms with Crippen LogP contribution in [0.15, 0.2) is 42.6 Å². The third-order valence-corrected chi connectivity index (χ3v) is 3.16. The highest BCUT2D eigenvalue weighted by molar-refractivity contribution is 6.31. The minimum Gasteiger partial charge on any atom is -0.305 e. The smallest absolute Gasteiger partial charge is 0.0804 e. The van der Waals surface area contributed by atoms with E-state index < -0.39 is 0 Å². The molecular weight excluding hydrogens is 244 g/mol. The summed E-state index contributed by atoms with van der Waals surface area (Å²) in [4.78, 5) is 4.41. The lowest BCUT2D eigenvalue weighted by Crippen LogP contribution is -2.23. The van der Waals surface area contributed by atoms with E-state index in [2.05, 4.69) is 48.4 Å². The standard InChI is InChI=1S/C15H17ClN2/c1-3-17-14(12-7-4-6-11(2)10-12)15-13(16)8-5-9-18-15/h4-10,14,17H,3H2,1-2H3. The largest absolute Gasteiger partial charge is 0.305 e. The van der Waals surface area contributed by atoms with Gasteiger partial charge in [-0.3, -0.25) is 4.98 Å². The molecule has 2 rings (SSSR count). The first-order valence-corrected chi connectivity index (χ1v) is 6.50. The Kier molecular flexibility index (Phi) is 4.34. The number of hydrogen-bond donors (Lipinski definition) is 1. The Labute approximate surface area is 113 Å². The molecule has 0 amide bonds. The molecule has 0 aliphatic rings. The molecule has 0 saturated heterocycles. The minimum absolute atomic E-state index is 0.0450. The van der Waals surface area contributed by atoms with Crippen molar-refractivity contribution in [3.8, 4) is 0 Å². The monoisotopic (exact) mass is 260 g/mol. The maximum atomic E-state index is 6.24. The highest BCUT2D eigenvalue weighted by Crippen LogP contribution is 2.26. The Morgan fingerprint density at radius 1 is 1.28 bits per heavy atom. The van der Waals surface area contributed by atoms with Crippen molar-refractivity contribution in [3.63, 3.8) is 0 Å². The molecule has 1 N–H and O–H groups in total. The topological polar surface area (TPSA) is 24.9 Å². The molecule has 1 atom stereocenters. The van der Waals surface area contributed by atoms with Crippen LogP contribution in [0.5, 0.6) is 0 Å². The Morgan fingerprint density at radius 3 is 2.78 bits per heavy atom. The molecule has 0 saturated carbocycles. The summed E-state index contributed by atoms with van der Waals surface area (Å²) < 4.78 is 0. The second kappa shape index (κ2) is 5.98. The molecule has 0 spiro atoms. The molecule has 1 heterocycles. The van der Waals surface area contributed by atoms with Gasteiger partial charge in [0, 0.05) is 6.20 Å². The Morgan fingerprint density at radius 2 is 2.11 bits per heavy atom. The van der Waals surface area contributed by atoms with Crippen molar-refractivity contribution in [1.29, 1.82) is 0 Å². The molecular formula is C15H17ClN2. The highest BCUT2D eigenvalue weighted by atomic mass is 35.5. The van der Waals surface area contributed by atoms with Gasteiger partial charge in [-0.25, -0.2) is 0 Å². The lowest BCUT2D eigenvalue weighted by molar-refractivity contribution is 0.615. The van der Waals surface area contributed by atoms with E-state index in [0.717, 1.165) is 12.2 Å². The summed E-state index contributed by atoms with van der Waals surface area (Å²) in [5, 5.41) is 4.14. The van der Waals surface area contributed by atoms with Crippen molar-refractivity contribution in [2.45, 2.75) is 19.9 Å². The maximum Gasteiger partial charge on any atom is 0.0804 e. The highest BCUT2D eigenvalue weighted by Gasteiger charge is 2.17. The molecule has 3 heteroatoms. The van der Waals surface area contributed by atoms with Gasteiger partial charge in [-0.15, -0.1) is 0 Å². The van der Waals surface area contributed by atoms with Crippen molar-refractivity contribution >= 4 is 11.6 Å². The Bertz CT molecular complexity index is 525. The van der Waals surface area contributed by atoms with Crippen LogP contribution in [-0.4, -0.2) is 11.5 Å². The van der Waals surface area contributed by atoms with E-state index >= 15 is 0 Å². The van der Waals surface area contributed by atoms with Crippen molar-refractivity contribution in [1.82, 2.24) is 10.3 Å². The van der Waals surface area contributed by atoms with Crippen molar-refractivity contribution in [2.75, 3.05) is 6.54 Å². The van der Waals surface area contributed by atoms with E-state index in [4.69, 9.17) is 11.6 Å². The third-order valence-electron chi connectivity index (χ3n) is 2.84. The quantitative estimate of drug-likeness (QED) is 0.906. The van der Waals surface area contributed by atoms with Crippen LogP contribution < -0.4 is 5.32 Å². The SMILES string of the molecule is CCNC(c1cccc(C)c1)c1ncccc1Cl. The van der Waals surface area contributed by atoms with E-state index in [1.807, 2.05) is 12.1 Å². The summed E-state index contributed by atoms with van der Waals surface area (Å²) in [7, 11) is 0. The number of aryl methyl sites for hydroxylation is 1. The zero-order chi connectivity index (χ0) is 13.0. The zero-order valence-electron chi connectivity index (χ0n) is 10.7. The molecule has 1 unspecified atom stereocenters. The van der Waals surface area contributed by atoms with Gasteiger partial charge in [-0.2, -0.15) is 0 Å². The number of benzene rings is 1. The van der Waals surface area contributed by atoms with Gasteiger partial charge in [0.1, 0.15) is 0 Å². The molecule has 0 aliphatic carbocycles. The van der Waals surface area contributed by atoms with E-state index in [1.165, 1.54) is 11.1 Å². The van der Waals surface area contributed by atoms with Gasteiger partial charge in [0.25, 0.3) is 0 Å². The van der Waals surface area contributed by atoms with E-state index in [0.29, 0.717) is 5.02 Å². The van der Waals surface area contributed by atoms with Crippen molar-refractivity contribution in [2.24, 2.45) is 0 Å². The van der Waals surface area contributed by atoms with Gasteiger partial charge in [0.05, 0.1) is 16.8 Å². The number of halogens is 1. The number of nitrogens with zero attached hydrogens (tertiary/aromatic N) is 1. The van der Waals surface area contributed by atoms with Gasteiger partial charge in [-0.1, -0.05) is 48.4 Å². The van der Waals surface area contributed by atoms with Crippen molar-refractivity contribution in [3.05, 3.63) is 64.4 Å². The molecule has 94 valence electrons. The van der Waals surface area contributed by atoms with Gasteiger partial charge in [-0.05, 0) is 31.2 Å². The van der Waals surface area contributed by atoms with Crippen LogP contribution in [0.25, 0.3) is 0 Å². The predicted octanol–water partition coefficient (Wildman–Crippen LogP) is 3.74. The number of rotatable bonds is 4. The number of hydrogen-bond acceptors (Lipinski definition) is 2. The lowest BCUT2D eigenvalue weighted by Gasteiger charge is -2.19. The van der Waals surface area contributed by atoms with E-state index in [-0.39, 0.29) is 6.04 Å². The summed E-state index contributed by atoms with van der Waals surface area (Å²) in [5.74, 6) is 0. The average molecular weight is 261 g/mol. The number of aromatic nitrogens is 1. The Hall–Kier alpha value is -1.38. The van der Waals surface area contributed by atoms with Crippen LogP contribution in [0.2, 0.25) is 5.02 Å². The average Bonchev–Trinajstić information content (AvgIpc) is 2.37. The molecule has 0 radical (unpaired) electrons. The summed E-state index contributed by atoms with van der Waals surface area (Å²) >= 11 is 6.24. The van der Waals surface area contributed by atoms with Crippen LogP contribution in [0.3, 0.4) is 0 Å². The fourth-order valence-corrected chi connectivity index (χ4v) is 2.27. The number of pyridine rings is 1. The van der Waals surface area contributed by atoms with Crippen LogP contribution in [0.1, 0.15) is 29.8 Å². The van der Waals surface area contributed by atoms with Crippen LogP contribution >= 0.6 is 11.6 Å². The maximum absolute atomic E-state index is 6.24. The molecule has 0 fully saturated rings. The first-order chi connectivity index (χ1) is 8.72. The van der Waals surface area contributed by atoms with Crippen LogP contribution in [-0.2, 0) is 0 Å². The number of nitrogens with one attached hydrogen (secondary N) is 1. The molecule has 2 aromatic rings. The molecule has 18 heavy (non-hydrogen) atoms. The fraction of sp³-hybridized carbons (Fsp3) is 0.267. The van der Waals surface area contributed by atoms with E-state index in [1.54, 1.807) is 6.20 Å².